The molecule has 26 heavy (non-hydrogen) atoms. The molecule has 1 aromatic heterocycles. The van der Waals surface area contributed by atoms with Gasteiger partial charge in [-0.1, -0.05) is 18.2 Å². The van der Waals surface area contributed by atoms with Crippen LogP contribution in [0.1, 0.15) is 23.0 Å². The van der Waals surface area contributed by atoms with Crippen LogP contribution in [0, 0.1) is 0 Å². The van der Waals surface area contributed by atoms with Gasteiger partial charge in [-0.05, 0) is 18.7 Å². The molecule has 10 heteroatoms. The second-order valence-corrected chi connectivity index (χ2v) is 8.25. The molecular weight excluding hydrogens is 369 g/mol. The number of benzene rings is 1. The summed E-state index contributed by atoms with van der Waals surface area (Å²) in [7, 11) is -1.87. The highest BCUT2D eigenvalue weighted by Crippen LogP contribution is 2.30. The second-order valence-electron chi connectivity index (χ2n) is 6.28. The van der Waals surface area contributed by atoms with Gasteiger partial charge in [0.15, 0.2) is 0 Å². The van der Waals surface area contributed by atoms with Gasteiger partial charge >= 0.3 is 6.18 Å². The summed E-state index contributed by atoms with van der Waals surface area (Å²) in [6.07, 6.45) is -1.24. The molecule has 0 aliphatic carbocycles. The number of aromatic amines is 1. The maximum absolute atomic E-state index is 12.8. The summed E-state index contributed by atoms with van der Waals surface area (Å²) in [5, 5.41) is 0. The SMILES string of the molecule is CN1CCN(S(=O)(=O)Cc2cccc(C(F)(F)F)c2)CC1c1ncc[nH]1. The van der Waals surface area contributed by atoms with Crippen LogP contribution >= 0.6 is 0 Å². The lowest BCUT2D eigenvalue weighted by Gasteiger charge is -2.37. The van der Waals surface area contributed by atoms with Gasteiger partial charge in [-0.25, -0.2) is 13.4 Å². The minimum absolute atomic E-state index is 0.119. The maximum Gasteiger partial charge on any atom is 0.416 e. The Kier molecular flexibility index (Phi) is 5.09. The largest absolute Gasteiger partial charge is 0.416 e. The van der Waals surface area contributed by atoms with Gasteiger partial charge in [-0.3, -0.25) is 4.90 Å². The lowest BCUT2D eigenvalue weighted by molar-refractivity contribution is -0.137. The number of aromatic nitrogens is 2. The van der Waals surface area contributed by atoms with Gasteiger partial charge in [-0.15, -0.1) is 0 Å². The predicted octanol–water partition coefficient (Wildman–Crippen LogP) is 2.25. The van der Waals surface area contributed by atoms with Crippen molar-refractivity contribution in [3.63, 3.8) is 0 Å². The normalized spacial score (nSPS) is 20.4. The molecule has 1 N–H and O–H groups in total. The van der Waals surface area contributed by atoms with Gasteiger partial charge in [0, 0.05) is 32.0 Å². The highest BCUT2D eigenvalue weighted by Gasteiger charge is 2.34. The summed E-state index contributed by atoms with van der Waals surface area (Å²) < 4.78 is 65.3. The summed E-state index contributed by atoms with van der Waals surface area (Å²) >= 11 is 0. The quantitative estimate of drug-likeness (QED) is 0.872. The molecule has 1 aliphatic heterocycles. The molecule has 0 radical (unpaired) electrons. The molecule has 0 bridgehead atoms. The third-order valence-corrected chi connectivity index (χ3v) is 6.26. The van der Waals surface area contributed by atoms with Crippen molar-refractivity contribution in [3.05, 3.63) is 53.6 Å². The molecule has 0 saturated carbocycles. The molecule has 1 unspecified atom stereocenters. The number of imidazole rings is 1. The summed E-state index contributed by atoms with van der Waals surface area (Å²) in [5.74, 6) is 0.192. The van der Waals surface area contributed by atoms with Crippen LogP contribution in [-0.4, -0.2) is 54.3 Å². The van der Waals surface area contributed by atoms with E-state index in [0.29, 0.717) is 12.4 Å². The van der Waals surface area contributed by atoms with Crippen molar-refractivity contribution in [1.82, 2.24) is 19.2 Å². The van der Waals surface area contributed by atoms with Crippen molar-refractivity contribution in [2.24, 2.45) is 0 Å². The third kappa shape index (κ3) is 4.08. The van der Waals surface area contributed by atoms with E-state index in [1.54, 1.807) is 12.4 Å². The Bertz CT molecular complexity index is 853. The van der Waals surface area contributed by atoms with Crippen molar-refractivity contribution in [2.75, 3.05) is 26.7 Å². The van der Waals surface area contributed by atoms with E-state index in [1.165, 1.54) is 16.4 Å². The molecule has 1 aromatic carbocycles. The van der Waals surface area contributed by atoms with Gasteiger partial charge in [0.1, 0.15) is 5.82 Å². The number of hydrogen-bond donors (Lipinski definition) is 1. The topological polar surface area (TPSA) is 69.3 Å². The molecule has 2 heterocycles. The van der Waals surface area contributed by atoms with Crippen molar-refractivity contribution in [1.29, 1.82) is 0 Å². The van der Waals surface area contributed by atoms with Crippen LogP contribution in [0.25, 0.3) is 0 Å². The first-order valence-corrected chi connectivity index (χ1v) is 9.61. The van der Waals surface area contributed by atoms with Crippen LogP contribution in [0.4, 0.5) is 13.2 Å². The van der Waals surface area contributed by atoms with E-state index < -0.39 is 27.5 Å². The number of piperazine rings is 1. The fourth-order valence-corrected chi connectivity index (χ4v) is 4.51. The molecule has 1 saturated heterocycles. The zero-order valence-electron chi connectivity index (χ0n) is 14.1. The van der Waals surface area contributed by atoms with Gasteiger partial charge in [0.2, 0.25) is 10.0 Å². The van der Waals surface area contributed by atoms with Crippen LogP contribution in [-0.2, 0) is 22.0 Å². The first kappa shape index (κ1) is 18.9. The zero-order chi connectivity index (χ0) is 18.9. The van der Waals surface area contributed by atoms with E-state index in [-0.39, 0.29) is 24.7 Å². The number of nitrogens with one attached hydrogen (secondary N) is 1. The number of alkyl halides is 3. The molecular formula is C16H19F3N4O2S. The Labute approximate surface area is 149 Å². The monoisotopic (exact) mass is 388 g/mol. The minimum atomic E-state index is -4.50. The van der Waals surface area contributed by atoms with Crippen LogP contribution < -0.4 is 0 Å². The number of sulfonamides is 1. The molecule has 0 spiro atoms. The Morgan fingerprint density at radius 3 is 2.73 bits per heavy atom. The standard InChI is InChI=1S/C16H19F3N4O2S/c1-22-7-8-23(10-14(22)15-20-5-6-21-15)26(24,25)11-12-3-2-4-13(9-12)16(17,18)19/h2-6,9,14H,7-8,10-11H2,1H3,(H,20,21). The number of hydrogen-bond acceptors (Lipinski definition) is 4. The number of nitrogens with zero attached hydrogens (tertiary/aromatic N) is 3. The van der Waals surface area contributed by atoms with Crippen LogP contribution in [0.15, 0.2) is 36.7 Å². The Balaban J connectivity index is 1.78. The number of likely N-dealkylation sites (N-methyl/N-ethyl adjacent to an activating group) is 1. The minimum Gasteiger partial charge on any atom is -0.347 e. The van der Waals surface area contributed by atoms with Gasteiger partial charge in [0.25, 0.3) is 0 Å². The van der Waals surface area contributed by atoms with Crippen molar-refractivity contribution < 1.29 is 21.6 Å². The lowest BCUT2D eigenvalue weighted by atomic mass is 10.1. The molecule has 1 aliphatic rings. The van der Waals surface area contributed by atoms with E-state index in [9.17, 15) is 21.6 Å². The molecule has 142 valence electrons. The molecule has 6 nitrogen and oxygen atoms in total. The van der Waals surface area contributed by atoms with E-state index in [4.69, 9.17) is 0 Å². The van der Waals surface area contributed by atoms with Crippen molar-refractivity contribution >= 4 is 10.0 Å². The molecule has 1 atom stereocenters. The zero-order valence-corrected chi connectivity index (χ0v) is 14.9. The second kappa shape index (κ2) is 7.01. The van der Waals surface area contributed by atoms with E-state index in [2.05, 4.69) is 9.97 Å². The van der Waals surface area contributed by atoms with E-state index in [1.807, 2.05) is 11.9 Å². The fourth-order valence-electron chi connectivity index (χ4n) is 3.00. The average Bonchev–Trinajstić information content (AvgIpc) is 3.08. The third-order valence-electron chi connectivity index (χ3n) is 4.44. The predicted molar refractivity (Wildman–Crippen MR) is 89.6 cm³/mol. The fraction of sp³-hybridized carbons (Fsp3) is 0.438. The Morgan fingerprint density at radius 1 is 1.31 bits per heavy atom. The number of rotatable bonds is 4. The number of H-pyrrole nitrogens is 1. The van der Waals surface area contributed by atoms with Crippen molar-refractivity contribution in [3.8, 4) is 0 Å². The van der Waals surface area contributed by atoms with Crippen LogP contribution in [0.2, 0.25) is 0 Å². The maximum atomic E-state index is 12.8. The van der Waals surface area contributed by atoms with Crippen LogP contribution in [0.5, 0.6) is 0 Å². The van der Waals surface area contributed by atoms with Gasteiger partial charge in [-0.2, -0.15) is 17.5 Å². The highest BCUT2D eigenvalue weighted by molar-refractivity contribution is 7.88. The first-order chi connectivity index (χ1) is 12.2. The summed E-state index contributed by atoms with van der Waals surface area (Å²) in [6, 6.07) is 4.21. The summed E-state index contributed by atoms with van der Waals surface area (Å²) in [6.45, 7) is 0.994. The van der Waals surface area contributed by atoms with E-state index >= 15 is 0 Å². The van der Waals surface area contributed by atoms with Crippen molar-refractivity contribution in [2.45, 2.75) is 18.0 Å². The smallest absolute Gasteiger partial charge is 0.347 e. The molecule has 3 rings (SSSR count). The molecule has 1 fully saturated rings. The summed E-state index contributed by atoms with van der Waals surface area (Å²) in [5.41, 5.74) is -0.731. The average molecular weight is 388 g/mol. The summed E-state index contributed by atoms with van der Waals surface area (Å²) in [4.78, 5) is 9.16. The van der Waals surface area contributed by atoms with Crippen LogP contribution in [0.3, 0.4) is 0 Å². The lowest BCUT2D eigenvalue weighted by Crippen LogP contribution is -2.49. The highest BCUT2D eigenvalue weighted by atomic mass is 32.2. The first-order valence-electron chi connectivity index (χ1n) is 8.00. The molecule has 0 amide bonds. The van der Waals surface area contributed by atoms with Gasteiger partial charge < -0.3 is 4.98 Å². The Hall–Kier alpha value is -1.91. The number of halogens is 3. The van der Waals surface area contributed by atoms with E-state index in [0.717, 1.165) is 12.1 Å². The van der Waals surface area contributed by atoms with Gasteiger partial charge in [0.05, 0.1) is 17.4 Å². The Morgan fingerprint density at radius 2 is 2.08 bits per heavy atom. The molecule has 2 aromatic rings.